The van der Waals surface area contributed by atoms with E-state index in [-0.39, 0.29) is 11.7 Å². The van der Waals surface area contributed by atoms with Crippen LogP contribution in [0.5, 0.6) is 0 Å². The van der Waals surface area contributed by atoms with Gasteiger partial charge in [-0.1, -0.05) is 11.6 Å². The van der Waals surface area contributed by atoms with Gasteiger partial charge in [0.25, 0.3) is 5.56 Å². The van der Waals surface area contributed by atoms with Crippen LogP contribution in [0.3, 0.4) is 0 Å². The molecular formula is C15H14ClN3O2. The quantitative estimate of drug-likeness (QED) is 0.792. The van der Waals surface area contributed by atoms with Crippen LogP contribution in [0.2, 0.25) is 5.02 Å². The summed E-state index contributed by atoms with van der Waals surface area (Å²) in [4.78, 5) is 20.1. The molecule has 0 bridgehead atoms. The lowest BCUT2D eigenvalue weighted by atomic mass is 10.2. The van der Waals surface area contributed by atoms with Gasteiger partial charge in [0.1, 0.15) is 11.0 Å². The van der Waals surface area contributed by atoms with Crippen LogP contribution in [0.4, 0.5) is 0 Å². The Bertz CT molecular complexity index is 878. The number of ether oxygens (including phenoxy) is 1. The zero-order valence-electron chi connectivity index (χ0n) is 11.3. The average Bonchev–Trinajstić information content (AvgIpc) is 3.09. The number of aromatic amines is 1. The van der Waals surface area contributed by atoms with E-state index in [1.807, 2.05) is 12.1 Å². The van der Waals surface area contributed by atoms with Gasteiger partial charge in [-0.3, -0.25) is 9.36 Å². The number of hydrogen-bond donors (Lipinski definition) is 1. The third-order valence-electron chi connectivity index (χ3n) is 3.96. The Kier molecular flexibility index (Phi) is 2.97. The normalized spacial score (nSPS) is 18.8. The van der Waals surface area contributed by atoms with Gasteiger partial charge in [0, 0.05) is 22.5 Å². The lowest BCUT2D eigenvalue weighted by Gasteiger charge is -2.10. The van der Waals surface area contributed by atoms with Gasteiger partial charge in [0.15, 0.2) is 0 Å². The number of nitrogens with one attached hydrogen (secondary N) is 1. The second kappa shape index (κ2) is 4.86. The highest BCUT2D eigenvalue weighted by Gasteiger charge is 2.18. The molecule has 5 nitrogen and oxygen atoms in total. The summed E-state index contributed by atoms with van der Waals surface area (Å²) in [5.74, 6) is 0. The molecule has 0 amide bonds. The van der Waals surface area contributed by atoms with Crippen LogP contribution in [0, 0.1) is 0 Å². The summed E-state index contributed by atoms with van der Waals surface area (Å²) in [6.07, 6.45) is 3.76. The molecule has 0 radical (unpaired) electrons. The first-order valence-electron chi connectivity index (χ1n) is 7.00. The molecule has 108 valence electrons. The summed E-state index contributed by atoms with van der Waals surface area (Å²) < 4.78 is 7.20. The van der Waals surface area contributed by atoms with Gasteiger partial charge in [0.05, 0.1) is 19.0 Å². The van der Waals surface area contributed by atoms with Crippen LogP contribution in [0.25, 0.3) is 21.9 Å². The Balaban J connectivity index is 1.86. The first-order valence-corrected chi connectivity index (χ1v) is 7.38. The van der Waals surface area contributed by atoms with E-state index >= 15 is 0 Å². The molecule has 1 N–H and O–H groups in total. The monoisotopic (exact) mass is 303 g/mol. The first-order chi connectivity index (χ1) is 10.2. The Morgan fingerprint density at radius 2 is 2.38 bits per heavy atom. The van der Waals surface area contributed by atoms with Crippen molar-refractivity contribution in [1.29, 1.82) is 0 Å². The molecule has 1 saturated heterocycles. The van der Waals surface area contributed by atoms with Crippen LogP contribution in [0.1, 0.15) is 12.8 Å². The van der Waals surface area contributed by atoms with Gasteiger partial charge in [-0.15, -0.1) is 0 Å². The Hall–Kier alpha value is -1.85. The second-order valence-corrected chi connectivity index (χ2v) is 5.81. The molecule has 3 aromatic rings. The SMILES string of the molecule is O=c1c2[nH]c3ccc(Cl)cc3c2ncn1CC1CCCO1. The van der Waals surface area contributed by atoms with Gasteiger partial charge >= 0.3 is 0 Å². The van der Waals surface area contributed by atoms with Crippen molar-refractivity contribution in [2.45, 2.75) is 25.5 Å². The molecule has 1 fully saturated rings. The predicted octanol–water partition coefficient (Wildman–Crippen LogP) is 2.71. The van der Waals surface area contributed by atoms with Crippen molar-refractivity contribution in [1.82, 2.24) is 14.5 Å². The van der Waals surface area contributed by atoms with Gasteiger partial charge in [0.2, 0.25) is 0 Å². The van der Waals surface area contributed by atoms with E-state index < -0.39 is 0 Å². The summed E-state index contributed by atoms with van der Waals surface area (Å²) in [7, 11) is 0. The molecule has 1 aliphatic heterocycles. The van der Waals surface area contributed by atoms with Gasteiger partial charge in [-0.25, -0.2) is 4.98 Å². The second-order valence-electron chi connectivity index (χ2n) is 5.38. The minimum atomic E-state index is -0.0668. The van der Waals surface area contributed by atoms with Gasteiger partial charge in [-0.2, -0.15) is 0 Å². The smallest absolute Gasteiger partial charge is 0.277 e. The highest BCUT2D eigenvalue weighted by atomic mass is 35.5. The van der Waals surface area contributed by atoms with Crippen molar-refractivity contribution in [2.24, 2.45) is 0 Å². The van der Waals surface area contributed by atoms with Crippen molar-refractivity contribution in [3.05, 3.63) is 39.9 Å². The van der Waals surface area contributed by atoms with Crippen molar-refractivity contribution < 1.29 is 4.74 Å². The number of H-pyrrole nitrogens is 1. The van der Waals surface area contributed by atoms with Crippen molar-refractivity contribution in [3.8, 4) is 0 Å². The standard InChI is InChI=1S/C15H14ClN3O2/c16-9-3-4-12-11(6-9)13-14(18-12)15(20)19(8-17-13)7-10-2-1-5-21-10/h3-4,6,8,10,18H,1-2,5,7H2. The number of nitrogens with zero attached hydrogens (tertiary/aromatic N) is 2. The minimum absolute atomic E-state index is 0.0668. The van der Waals surface area contributed by atoms with Crippen LogP contribution < -0.4 is 5.56 Å². The zero-order chi connectivity index (χ0) is 14.4. The largest absolute Gasteiger partial charge is 0.376 e. The molecule has 1 atom stereocenters. The molecule has 0 spiro atoms. The van der Waals surface area contributed by atoms with Crippen molar-refractivity contribution in [2.75, 3.05) is 6.61 Å². The van der Waals surface area contributed by atoms with E-state index in [9.17, 15) is 4.79 Å². The Morgan fingerprint density at radius 1 is 1.48 bits per heavy atom. The lowest BCUT2D eigenvalue weighted by molar-refractivity contribution is 0.0960. The van der Waals surface area contributed by atoms with Crippen LogP contribution in [0.15, 0.2) is 29.3 Å². The molecular weight excluding hydrogens is 290 g/mol. The van der Waals surface area contributed by atoms with E-state index in [2.05, 4.69) is 9.97 Å². The number of aromatic nitrogens is 3. The zero-order valence-corrected chi connectivity index (χ0v) is 12.1. The highest BCUT2D eigenvalue weighted by molar-refractivity contribution is 6.31. The minimum Gasteiger partial charge on any atom is -0.376 e. The van der Waals surface area contributed by atoms with Crippen molar-refractivity contribution in [3.63, 3.8) is 0 Å². The maximum Gasteiger partial charge on any atom is 0.277 e. The summed E-state index contributed by atoms with van der Waals surface area (Å²) in [6, 6.07) is 5.49. The van der Waals surface area contributed by atoms with E-state index in [1.165, 1.54) is 0 Å². The third-order valence-corrected chi connectivity index (χ3v) is 4.19. The fraction of sp³-hybridized carbons (Fsp3) is 0.333. The molecule has 0 saturated carbocycles. The molecule has 0 aliphatic carbocycles. The highest BCUT2D eigenvalue weighted by Crippen LogP contribution is 2.24. The fourth-order valence-electron chi connectivity index (χ4n) is 2.90. The maximum atomic E-state index is 12.6. The maximum absolute atomic E-state index is 12.6. The van der Waals surface area contributed by atoms with Crippen LogP contribution in [-0.4, -0.2) is 27.2 Å². The fourth-order valence-corrected chi connectivity index (χ4v) is 3.07. The van der Waals surface area contributed by atoms with Gasteiger partial charge in [-0.05, 0) is 31.0 Å². The molecule has 1 unspecified atom stereocenters. The Morgan fingerprint density at radius 3 is 3.19 bits per heavy atom. The molecule has 1 aliphatic rings. The summed E-state index contributed by atoms with van der Waals surface area (Å²) in [5, 5.41) is 1.51. The van der Waals surface area contributed by atoms with Crippen LogP contribution >= 0.6 is 11.6 Å². The van der Waals surface area contributed by atoms with E-state index in [0.717, 1.165) is 30.4 Å². The predicted molar refractivity (Wildman–Crippen MR) is 81.8 cm³/mol. The lowest BCUT2D eigenvalue weighted by Crippen LogP contribution is -2.26. The molecule has 2 aromatic heterocycles. The number of halogens is 1. The number of fused-ring (bicyclic) bond motifs is 3. The van der Waals surface area contributed by atoms with E-state index in [0.29, 0.717) is 22.6 Å². The summed E-state index contributed by atoms with van der Waals surface area (Å²) >= 11 is 6.02. The first kappa shape index (κ1) is 12.9. The molecule has 4 rings (SSSR count). The summed E-state index contributed by atoms with van der Waals surface area (Å²) in [5.41, 5.74) is 1.99. The molecule has 3 heterocycles. The van der Waals surface area contributed by atoms with Crippen molar-refractivity contribution >= 4 is 33.5 Å². The van der Waals surface area contributed by atoms with E-state index in [4.69, 9.17) is 16.3 Å². The Labute approximate surface area is 125 Å². The number of benzene rings is 1. The number of rotatable bonds is 2. The molecule has 1 aromatic carbocycles. The van der Waals surface area contributed by atoms with E-state index in [1.54, 1.807) is 17.0 Å². The van der Waals surface area contributed by atoms with Gasteiger partial charge < -0.3 is 9.72 Å². The summed E-state index contributed by atoms with van der Waals surface area (Å²) in [6.45, 7) is 1.33. The number of hydrogen-bond acceptors (Lipinski definition) is 3. The third kappa shape index (κ3) is 2.13. The average molecular weight is 304 g/mol. The van der Waals surface area contributed by atoms with Crippen LogP contribution in [-0.2, 0) is 11.3 Å². The topological polar surface area (TPSA) is 59.9 Å². The molecule has 21 heavy (non-hydrogen) atoms. The molecule has 6 heteroatoms.